The lowest BCUT2D eigenvalue weighted by molar-refractivity contribution is 0.167. The van der Waals surface area contributed by atoms with Crippen molar-refractivity contribution in [2.45, 2.75) is 47.1 Å². The summed E-state index contributed by atoms with van der Waals surface area (Å²) in [6, 6.07) is 4.60. The zero-order valence-electron chi connectivity index (χ0n) is 14.7. The third kappa shape index (κ3) is 5.99. The Labute approximate surface area is 143 Å². The molecule has 0 amide bonds. The van der Waals surface area contributed by atoms with Crippen molar-refractivity contribution < 1.29 is 32.1 Å². The number of benzene rings is 1. The standard InChI is InChI=1S/C15H26O7P2/c1-6-13(5)21-23(16,17)15-11-12(4)9-10-14(15)22-24(18,19-7-2)20-8-3/h9-11,13H,6-8H2,1-5H3,(H,16,17). The molecule has 0 saturated heterocycles. The molecule has 0 aliphatic heterocycles. The molecule has 1 aromatic carbocycles. The van der Waals surface area contributed by atoms with Crippen LogP contribution in [0, 0.1) is 6.92 Å². The molecule has 138 valence electrons. The molecule has 1 N–H and O–H groups in total. The molecule has 24 heavy (non-hydrogen) atoms. The molecule has 0 heterocycles. The molecule has 0 saturated carbocycles. The third-order valence-corrected chi connectivity index (χ3v) is 6.27. The molecule has 0 aliphatic rings. The van der Waals surface area contributed by atoms with E-state index in [0.29, 0.717) is 6.42 Å². The van der Waals surface area contributed by atoms with Gasteiger partial charge in [-0.2, -0.15) is 0 Å². The fourth-order valence-electron chi connectivity index (χ4n) is 1.83. The average molecular weight is 380 g/mol. The van der Waals surface area contributed by atoms with Crippen molar-refractivity contribution in [1.29, 1.82) is 0 Å². The Balaban J connectivity index is 3.25. The van der Waals surface area contributed by atoms with Crippen LogP contribution >= 0.6 is 15.4 Å². The van der Waals surface area contributed by atoms with E-state index in [0.717, 1.165) is 5.56 Å². The summed E-state index contributed by atoms with van der Waals surface area (Å²) in [4.78, 5) is 10.3. The first-order chi connectivity index (χ1) is 11.2. The van der Waals surface area contributed by atoms with E-state index in [2.05, 4.69) is 0 Å². The van der Waals surface area contributed by atoms with Crippen LogP contribution in [-0.4, -0.2) is 24.2 Å². The number of phosphoric acid groups is 1. The van der Waals surface area contributed by atoms with Crippen molar-refractivity contribution in [2.24, 2.45) is 0 Å². The van der Waals surface area contributed by atoms with Gasteiger partial charge in [-0.1, -0.05) is 13.0 Å². The molecular formula is C15H26O7P2. The highest BCUT2D eigenvalue weighted by Crippen LogP contribution is 2.52. The van der Waals surface area contributed by atoms with Gasteiger partial charge < -0.3 is 13.9 Å². The highest BCUT2D eigenvalue weighted by molar-refractivity contribution is 7.61. The van der Waals surface area contributed by atoms with Crippen LogP contribution in [0.4, 0.5) is 0 Å². The Morgan fingerprint density at radius 2 is 1.71 bits per heavy atom. The molecule has 0 spiro atoms. The minimum atomic E-state index is -4.16. The highest BCUT2D eigenvalue weighted by Gasteiger charge is 2.34. The molecule has 0 fully saturated rings. The molecule has 0 aromatic heterocycles. The van der Waals surface area contributed by atoms with Gasteiger partial charge in [0.2, 0.25) is 0 Å². The van der Waals surface area contributed by atoms with E-state index < -0.39 is 21.5 Å². The van der Waals surface area contributed by atoms with Gasteiger partial charge in [-0.15, -0.1) is 0 Å². The maximum Gasteiger partial charge on any atom is 0.530 e. The quantitative estimate of drug-likeness (QED) is 0.609. The lowest BCUT2D eigenvalue weighted by atomic mass is 10.2. The summed E-state index contributed by atoms with van der Waals surface area (Å²) < 4.78 is 46.0. The molecule has 2 unspecified atom stereocenters. The maximum absolute atomic E-state index is 12.6. The van der Waals surface area contributed by atoms with E-state index in [1.165, 1.54) is 12.1 Å². The molecular weight excluding hydrogens is 354 g/mol. The number of aryl methyl sites for hydroxylation is 1. The van der Waals surface area contributed by atoms with Gasteiger partial charge in [0.1, 0.15) is 11.1 Å². The molecule has 2 atom stereocenters. The number of phosphoric ester groups is 1. The highest BCUT2D eigenvalue weighted by atomic mass is 31.2. The Bertz CT molecular complexity index is 622. The molecule has 0 bridgehead atoms. The normalized spacial score (nSPS) is 15.8. The molecule has 1 aromatic rings. The first-order valence-electron chi connectivity index (χ1n) is 7.88. The van der Waals surface area contributed by atoms with Gasteiger partial charge in [0.15, 0.2) is 0 Å². The zero-order chi connectivity index (χ0) is 18.4. The first-order valence-corrected chi connectivity index (χ1v) is 10.9. The fourth-order valence-corrected chi connectivity index (χ4v) is 4.63. The SMILES string of the molecule is CCOP(=O)(OCC)Oc1ccc(C)cc1P(=O)(O)OC(C)CC. The van der Waals surface area contributed by atoms with Crippen LogP contribution in [0.2, 0.25) is 0 Å². The summed E-state index contributed by atoms with van der Waals surface area (Å²) in [7, 11) is -8.05. The van der Waals surface area contributed by atoms with Gasteiger partial charge in [0.05, 0.1) is 19.3 Å². The minimum Gasteiger partial charge on any atom is -0.403 e. The Hall–Kier alpha value is -0.680. The Morgan fingerprint density at radius 1 is 1.12 bits per heavy atom. The van der Waals surface area contributed by atoms with Gasteiger partial charge in [0, 0.05) is 0 Å². The Morgan fingerprint density at radius 3 is 2.21 bits per heavy atom. The Kier molecular flexibility index (Phi) is 8.13. The van der Waals surface area contributed by atoms with Crippen LogP contribution in [0.3, 0.4) is 0 Å². The van der Waals surface area contributed by atoms with Crippen molar-refractivity contribution in [3.05, 3.63) is 23.8 Å². The van der Waals surface area contributed by atoms with Crippen LogP contribution in [0.25, 0.3) is 0 Å². The van der Waals surface area contributed by atoms with Gasteiger partial charge in [0.25, 0.3) is 0 Å². The van der Waals surface area contributed by atoms with Gasteiger partial charge >= 0.3 is 15.4 Å². The van der Waals surface area contributed by atoms with Crippen LogP contribution in [-0.2, 0) is 22.7 Å². The summed E-state index contributed by atoms with van der Waals surface area (Å²) in [6.07, 6.45) is 0.155. The molecule has 7 nitrogen and oxygen atoms in total. The summed E-state index contributed by atoms with van der Waals surface area (Å²) in [6.45, 7) is 8.82. The molecule has 1 rings (SSSR count). The summed E-state index contributed by atoms with van der Waals surface area (Å²) >= 11 is 0. The lowest BCUT2D eigenvalue weighted by Crippen LogP contribution is -2.16. The van der Waals surface area contributed by atoms with Crippen LogP contribution in [0.15, 0.2) is 18.2 Å². The van der Waals surface area contributed by atoms with Crippen LogP contribution in [0.1, 0.15) is 39.7 Å². The zero-order valence-corrected chi connectivity index (χ0v) is 16.5. The second-order valence-electron chi connectivity index (χ2n) is 5.19. The molecule has 9 heteroatoms. The minimum absolute atomic E-state index is 0.0556. The second kappa shape index (κ2) is 9.14. The monoisotopic (exact) mass is 380 g/mol. The van der Waals surface area contributed by atoms with E-state index in [9.17, 15) is 14.0 Å². The number of hydrogen-bond acceptors (Lipinski definition) is 6. The molecule has 0 aliphatic carbocycles. The topological polar surface area (TPSA) is 91.3 Å². The van der Waals surface area contributed by atoms with Crippen molar-refractivity contribution in [3.63, 3.8) is 0 Å². The predicted molar refractivity (Wildman–Crippen MR) is 93.0 cm³/mol. The maximum atomic E-state index is 12.6. The van der Waals surface area contributed by atoms with Crippen LogP contribution < -0.4 is 9.83 Å². The smallest absolute Gasteiger partial charge is 0.403 e. The number of hydrogen-bond donors (Lipinski definition) is 1. The van der Waals surface area contributed by atoms with E-state index in [1.54, 1.807) is 33.8 Å². The second-order valence-corrected chi connectivity index (χ2v) is 8.52. The summed E-state index contributed by atoms with van der Waals surface area (Å²) in [5, 5.41) is -0.0672. The number of rotatable bonds is 10. The van der Waals surface area contributed by atoms with Crippen molar-refractivity contribution >= 4 is 20.7 Å². The lowest BCUT2D eigenvalue weighted by Gasteiger charge is -2.22. The van der Waals surface area contributed by atoms with Crippen molar-refractivity contribution in [3.8, 4) is 5.75 Å². The van der Waals surface area contributed by atoms with E-state index >= 15 is 0 Å². The summed E-state index contributed by atoms with van der Waals surface area (Å²) in [5.41, 5.74) is 0.738. The van der Waals surface area contributed by atoms with Gasteiger partial charge in [-0.25, -0.2) is 4.57 Å². The fraction of sp³-hybridized carbons (Fsp3) is 0.600. The van der Waals surface area contributed by atoms with Crippen LogP contribution in [0.5, 0.6) is 5.75 Å². The van der Waals surface area contributed by atoms with Crippen molar-refractivity contribution in [1.82, 2.24) is 0 Å². The van der Waals surface area contributed by atoms with E-state index in [-0.39, 0.29) is 24.3 Å². The first kappa shape index (κ1) is 21.4. The summed E-state index contributed by atoms with van der Waals surface area (Å²) in [5.74, 6) is -0.0556. The molecule has 0 radical (unpaired) electrons. The predicted octanol–water partition coefficient (Wildman–Crippen LogP) is 4.18. The van der Waals surface area contributed by atoms with Gasteiger partial charge in [-0.05, 0) is 51.8 Å². The third-order valence-electron chi connectivity index (χ3n) is 3.10. The van der Waals surface area contributed by atoms with E-state index in [1.807, 2.05) is 6.92 Å². The van der Waals surface area contributed by atoms with Crippen molar-refractivity contribution in [2.75, 3.05) is 13.2 Å². The van der Waals surface area contributed by atoms with E-state index in [4.69, 9.17) is 18.1 Å². The van der Waals surface area contributed by atoms with Gasteiger partial charge in [-0.3, -0.25) is 13.6 Å². The average Bonchev–Trinajstić information content (AvgIpc) is 2.48. The largest absolute Gasteiger partial charge is 0.530 e.